The topological polar surface area (TPSA) is 91.4 Å². The highest BCUT2D eigenvalue weighted by Gasteiger charge is 2.52. The number of pyridine rings is 1. The molecule has 1 aromatic carbocycles. The largest absolute Gasteiger partial charge is 0.344 e. The number of carbonyl (C=O) groups excluding carboxylic acids is 3. The Hall–Kier alpha value is -2.87. The van der Waals surface area contributed by atoms with E-state index in [4.69, 9.17) is 0 Å². The van der Waals surface area contributed by atoms with Gasteiger partial charge in [0, 0.05) is 6.20 Å². The summed E-state index contributed by atoms with van der Waals surface area (Å²) in [5.74, 6) is -0.907. The molecule has 8 heteroatoms. The molecular formula is C18H18N4O3S. The van der Waals surface area contributed by atoms with Gasteiger partial charge in [0.05, 0.1) is 10.8 Å². The van der Waals surface area contributed by atoms with Gasteiger partial charge in [0.15, 0.2) is 0 Å². The van der Waals surface area contributed by atoms with Crippen LogP contribution in [0.25, 0.3) is 0 Å². The SMILES string of the molecule is CCC1(c2ccccc2)NC(=O)N(NC(=O)CSc2ccccn2)C1=O. The van der Waals surface area contributed by atoms with Crippen molar-refractivity contribution in [3.63, 3.8) is 0 Å². The van der Waals surface area contributed by atoms with Crippen LogP contribution >= 0.6 is 11.8 Å². The lowest BCUT2D eigenvalue weighted by Gasteiger charge is -2.25. The van der Waals surface area contributed by atoms with Gasteiger partial charge in [-0.15, -0.1) is 0 Å². The van der Waals surface area contributed by atoms with Crippen molar-refractivity contribution in [2.45, 2.75) is 23.9 Å². The molecule has 2 N–H and O–H groups in total. The van der Waals surface area contributed by atoms with Gasteiger partial charge in [-0.25, -0.2) is 9.78 Å². The van der Waals surface area contributed by atoms with Crippen molar-refractivity contribution in [3.05, 3.63) is 60.3 Å². The number of aromatic nitrogens is 1. The monoisotopic (exact) mass is 370 g/mol. The Balaban J connectivity index is 1.70. The second-order valence-electron chi connectivity index (χ2n) is 5.69. The maximum atomic E-state index is 12.9. The average Bonchev–Trinajstić information content (AvgIpc) is 2.93. The molecule has 3 rings (SSSR count). The number of carbonyl (C=O) groups is 3. The van der Waals surface area contributed by atoms with Crippen LogP contribution in [0.15, 0.2) is 59.8 Å². The molecule has 1 fully saturated rings. The third kappa shape index (κ3) is 3.41. The molecule has 2 aromatic rings. The first-order valence-electron chi connectivity index (χ1n) is 8.12. The average molecular weight is 370 g/mol. The quantitative estimate of drug-likeness (QED) is 0.600. The Morgan fingerprint density at radius 1 is 1.19 bits per heavy atom. The van der Waals surface area contributed by atoms with E-state index in [2.05, 4.69) is 15.7 Å². The summed E-state index contributed by atoms with van der Waals surface area (Å²) >= 11 is 1.22. The zero-order chi connectivity index (χ0) is 18.6. The second-order valence-corrected chi connectivity index (χ2v) is 6.68. The molecule has 1 aliphatic rings. The highest BCUT2D eigenvalue weighted by molar-refractivity contribution is 7.99. The summed E-state index contributed by atoms with van der Waals surface area (Å²) in [4.78, 5) is 41.5. The van der Waals surface area contributed by atoms with E-state index >= 15 is 0 Å². The molecule has 0 saturated carbocycles. The van der Waals surface area contributed by atoms with Crippen LogP contribution in [-0.4, -0.2) is 33.6 Å². The maximum absolute atomic E-state index is 12.9. The lowest BCUT2D eigenvalue weighted by molar-refractivity contribution is -0.138. The predicted molar refractivity (Wildman–Crippen MR) is 96.9 cm³/mol. The predicted octanol–water partition coefficient (Wildman–Crippen LogP) is 2.06. The van der Waals surface area contributed by atoms with E-state index in [9.17, 15) is 14.4 Å². The van der Waals surface area contributed by atoms with Gasteiger partial charge in [-0.2, -0.15) is 5.01 Å². The molecule has 4 amide bonds. The van der Waals surface area contributed by atoms with Crippen molar-refractivity contribution in [3.8, 4) is 0 Å². The number of amides is 4. The number of benzene rings is 1. The Labute approximate surface area is 155 Å². The minimum atomic E-state index is -1.17. The molecule has 1 aliphatic heterocycles. The molecule has 134 valence electrons. The maximum Gasteiger partial charge on any atom is 0.344 e. The van der Waals surface area contributed by atoms with Crippen molar-refractivity contribution < 1.29 is 14.4 Å². The molecule has 7 nitrogen and oxygen atoms in total. The minimum Gasteiger partial charge on any atom is -0.318 e. The number of nitrogens with zero attached hydrogens (tertiary/aromatic N) is 2. The molecule has 0 bridgehead atoms. The van der Waals surface area contributed by atoms with Crippen LogP contribution in [0, 0.1) is 0 Å². The molecule has 0 radical (unpaired) electrons. The first-order valence-corrected chi connectivity index (χ1v) is 9.11. The van der Waals surface area contributed by atoms with Crippen LogP contribution in [0.3, 0.4) is 0 Å². The van der Waals surface area contributed by atoms with Crippen molar-refractivity contribution in [2.24, 2.45) is 0 Å². The molecule has 2 heterocycles. The Morgan fingerprint density at radius 2 is 1.92 bits per heavy atom. The second kappa shape index (κ2) is 7.57. The summed E-state index contributed by atoms with van der Waals surface area (Å²) in [5.41, 5.74) is 1.91. The van der Waals surface area contributed by atoms with Gasteiger partial charge in [0.25, 0.3) is 5.91 Å². The van der Waals surface area contributed by atoms with Crippen molar-refractivity contribution in [1.82, 2.24) is 20.7 Å². The van der Waals surface area contributed by atoms with Crippen molar-refractivity contribution >= 4 is 29.6 Å². The van der Waals surface area contributed by atoms with E-state index in [0.717, 1.165) is 5.01 Å². The smallest absolute Gasteiger partial charge is 0.318 e. The van der Waals surface area contributed by atoms with Crippen LogP contribution < -0.4 is 10.7 Å². The summed E-state index contributed by atoms with van der Waals surface area (Å²) in [6.45, 7) is 1.81. The summed E-state index contributed by atoms with van der Waals surface area (Å²) in [5, 5.41) is 4.16. The lowest BCUT2D eigenvalue weighted by atomic mass is 9.87. The van der Waals surface area contributed by atoms with E-state index in [0.29, 0.717) is 17.0 Å². The molecule has 0 spiro atoms. The number of nitrogens with one attached hydrogen (secondary N) is 2. The Bertz CT molecular complexity index is 816. The summed E-state index contributed by atoms with van der Waals surface area (Å²) in [6.07, 6.45) is 2.00. The summed E-state index contributed by atoms with van der Waals surface area (Å²) < 4.78 is 0. The molecule has 1 aromatic heterocycles. The first-order chi connectivity index (χ1) is 12.6. The number of thioether (sulfide) groups is 1. The number of hydrogen-bond acceptors (Lipinski definition) is 5. The lowest BCUT2D eigenvalue weighted by Crippen LogP contribution is -2.49. The standard InChI is InChI=1S/C18H18N4O3S/c1-2-18(13-8-4-3-5-9-13)16(24)22(17(25)20-18)21-14(23)12-26-15-10-6-7-11-19-15/h3-11H,2,12H2,1H3,(H,20,25)(H,21,23). The van der Waals surface area contributed by atoms with Gasteiger partial charge in [0.2, 0.25) is 5.91 Å². The van der Waals surface area contributed by atoms with E-state index in [-0.39, 0.29) is 5.75 Å². The van der Waals surface area contributed by atoms with Crippen LogP contribution in [-0.2, 0) is 15.1 Å². The molecule has 26 heavy (non-hydrogen) atoms. The fourth-order valence-corrected chi connectivity index (χ4v) is 3.42. The normalized spacial score (nSPS) is 19.3. The summed E-state index contributed by atoms with van der Waals surface area (Å²) in [6, 6.07) is 13.7. The Kier molecular flexibility index (Phi) is 5.22. The number of rotatable bonds is 6. The first kappa shape index (κ1) is 17.9. The fourth-order valence-electron chi connectivity index (χ4n) is 2.77. The van der Waals surface area contributed by atoms with Gasteiger partial charge >= 0.3 is 6.03 Å². The zero-order valence-corrected chi connectivity index (χ0v) is 15.0. The molecule has 1 unspecified atom stereocenters. The molecule has 1 atom stereocenters. The molecule has 1 saturated heterocycles. The van der Waals surface area contributed by atoms with Gasteiger partial charge < -0.3 is 5.32 Å². The third-order valence-electron chi connectivity index (χ3n) is 4.11. The van der Waals surface area contributed by atoms with Gasteiger partial charge in [-0.1, -0.05) is 55.1 Å². The number of urea groups is 1. The number of hydrogen-bond donors (Lipinski definition) is 2. The van der Waals surface area contributed by atoms with Crippen molar-refractivity contribution in [2.75, 3.05) is 5.75 Å². The van der Waals surface area contributed by atoms with E-state index in [1.54, 1.807) is 42.6 Å². The van der Waals surface area contributed by atoms with Gasteiger partial charge in [-0.05, 0) is 24.1 Å². The Morgan fingerprint density at radius 3 is 2.58 bits per heavy atom. The van der Waals surface area contributed by atoms with Crippen molar-refractivity contribution in [1.29, 1.82) is 0 Å². The van der Waals surface area contributed by atoms with Crippen LogP contribution in [0.1, 0.15) is 18.9 Å². The third-order valence-corrected chi connectivity index (χ3v) is 5.06. The zero-order valence-electron chi connectivity index (χ0n) is 14.1. The number of hydrazine groups is 1. The van der Waals surface area contributed by atoms with E-state index in [1.807, 2.05) is 19.1 Å². The highest BCUT2D eigenvalue weighted by Crippen LogP contribution is 2.31. The molecular weight excluding hydrogens is 352 g/mol. The highest BCUT2D eigenvalue weighted by atomic mass is 32.2. The molecule has 0 aliphatic carbocycles. The van der Waals surface area contributed by atoms with Crippen LogP contribution in [0.2, 0.25) is 0 Å². The van der Waals surface area contributed by atoms with E-state index < -0.39 is 23.4 Å². The fraction of sp³-hybridized carbons (Fsp3) is 0.222. The minimum absolute atomic E-state index is 0.0402. The number of imide groups is 1. The van der Waals surface area contributed by atoms with E-state index in [1.165, 1.54) is 11.8 Å². The summed E-state index contributed by atoms with van der Waals surface area (Å²) in [7, 11) is 0. The van der Waals surface area contributed by atoms with Gasteiger partial charge in [0.1, 0.15) is 5.54 Å². The van der Waals surface area contributed by atoms with Crippen LogP contribution in [0.5, 0.6) is 0 Å². The van der Waals surface area contributed by atoms with Crippen LogP contribution in [0.4, 0.5) is 4.79 Å². The van der Waals surface area contributed by atoms with Gasteiger partial charge in [-0.3, -0.25) is 15.0 Å².